The number of nitrogens with zero attached hydrogens (tertiary/aromatic N) is 1. The van der Waals surface area contributed by atoms with Crippen molar-refractivity contribution in [1.82, 2.24) is 10.2 Å². The van der Waals surface area contributed by atoms with Crippen LogP contribution in [0.3, 0.4) is 0 Å². The third-order valence-electron chi connectivity index (χ3n) is 2.95. The van der Waals surface area contributed by atoms with Gasteiger partial charge in [0, 0.05) is 25.7 Å². The molecular formula is C10H21N3O. The van der Waals surface area contributed by atoms with E-state index in [1.807, 2.05) is 6.92 Å². The van der Waals surface area contributed by atoms with E-state index in [1.165, 1.54) is 12.8 Å². The lowest BCUT2D eigenvalue weighted by molar-refractivity contribution is 0.199. The molecule has 0 unspecified atom stereocenters. The van der Waals surface area contributed by atoms with Gasteiger partial charge in [0.2, 0.25) is 0 Å². The third kappa shape index (κ3) is 2.87. The highest BCUT2D eigenvalue weighted by molar-refractivity contribution is 5.74. The zero-order valence-electron chi connectivity index (χ0n) is 9.12. The molecule has 0 heterocycles. The van der Waals surface area contributed by atoms with Crippen molar-refractivity contribution in [3.63, 3.8) is 0 Å². The van der Waals surface area contributed by atoms with Gasteiger partial charge in [0.25, 0.3) is 0 Å². The van der Waals surface area contributed by atoms with Gasteiger partial charge >= 0.3 is 6.03 Å². The minimum Gasteiger partial charge on any atom is -0.334 e. The summed E-state index contributed by atoms with van der Waals surface area (Å²) in [6.07, 6.45) is 4.41. The Hall–Kier alpha value is -0.770. The van der Waals surface area contributed by atoms with Gasteiger partial charge in [-0.15, -0.1) is 0 Å². The molecule has 4 heteroatoms. The summed E-state index contributed by atoms with van der Waals surface area (Å²) >= 11 is 0. The maximum atomic E-state index is 11.5. The van der Waals surface area contributed by atoms with Gasteiger partial charge in [-0.2, -0.15) is 0 Å². The largest absolute Gasteiger partial charge is 0.334 e. The number of amides is 2. The van der Waals surface area contributed by atoms with E-state index >= 15 is 0 Å². The minimum atomic E-state index is -0.00477. The van der Waals surface area contributed by atoms with Gasteiger partial charge in [0.15, 0.2) is 0 Å². The van der Waals surface area contributed by atoms with Crippen LogP contribution >= 0.6 is 0 Å². The van der Waals surface area contributed by atoms with Crippen LogP contribution < -0.4 is 11.1 Å². The number of nitrogens with two attached hydrogens (primary N) is 1. The lowest BCUT2D eigenvalue weighted by Crippen LogP contribution is -2.52. The Morgan fingerprint density at radius 2 is 2.14 bits per heavy atom. The van der Waals surface area contributed by atoms with Crippen LogP contribution in [-0.4, -0.2) is 36.6 Å². The Balaban J connectivity index is 2.38. The first-order valence-electron chi connectivity index (χ1n) is 5.42. The minimum absolute atomic E-state index is 0.00477. The highest BCUT2D eigenvalue weighted by atomic mass is 16.2. The Labute approximate surface area is 85.8 Å². The average Bonchev–Trinajstić information content (AvgIpc) is 2.20. The van der Waals surface area contributed by atoms with Crippen LogP contribution in [0, 0.1) is 0 Å². The van der Waals surface area contributed by atoms with Gasteiger partial charge in [-0.05, 0) is 19.8 Å². The zero-order chi connectivity index (χ0) is 10.6. The van der Waals surface area contributed by atoms with Crippen LogP contribution in [0.5, 0.6) is 0 Å². The lowest BCUT2D eigenvalue weighted by Gasteiger charge is -2.30. The van der Waals surface area contributed by atoms with E-state index in [0.717, 1.165) is 19.4 Å². The van der Waals surface area contributed by atoms with Crippen LogP contribution in [0.1, 0.15) is 32.6 Å². The monoisotopic (exact) mass is 199 g/mol. The first-order valence-corrected chi connectivity index (χ1v) is 5.42. The van der Waals surface area contributed by atoms with E-state index in [1.54, 1.807) is 11.9 Å². The summed E-state index contributed by atoms with van der Waals surface area (Å²) in [4.78, 5) is 13.2. The fraction of sp³-hybridized carbons (Fsp3) is 0.900. The standard InChI is InChI=1S/C10H21N3O/c1-3-13(2)10(14)12-9-7-5-4-6-8(9)11/h8-9H,3-7,11H2,1-2H3,(H,12,14)/t8-,9-/m1/s1. The summed E-state index contributed by atoms with van der Waals surface area (Å²) in [6, 6.07) is 0.304. The summed E-state index contributed by atoms with van der Waals surface area (Å²) in [5.74, 6) is 0. The molecule has 3 N–H and O–H groups in total. The molecule has 0 saturated heterocycles. The van der Waals surface area contributed by atoms with Crippen LogP contribution in [0.4, 0.5) is 4.79 Å². The molecule has 1 saturated carbocycles. The van der Waals surface area contributed by atoms with E-state index in [9.17, 15) is 4.79 Å². The van der Waals surface area contributed by atoms with Gasteiger partial charge in [-0.25, -0.2) is 4.79 Å². The number of rotatable bonds is 2. The molecule has 82 valence electrons. The highest BCUT2D eigenvalue weighted by Crippen LogP contribution is 2.16. The van der Waals surface area contributed by atoms with Crippen molar-refractivity contribution in [3.8, 4) is 0 Å². The van der Waals surface area contributed by atoms with E-state index in [0.29, 0.717) is 0 Å². The molecule has 4 nitrogen and oxygen atoms in total. The average molecular weight is 199 g/mol. The van der Waals surface area contributed by atoms with Crippen molar-refractivity contribution >= 4 is 6.03 Å². The van der Waals surface area contributed by atoms with Crippen molar-refractivity contribution in [2.75, 3.05) is 13.6 Å². The number of carbonyl (C=O) groups excluding carboxylic acids is 1. The molecule has 14 heavy (non-hydrogen) atoms. The van der Waals surface area contributed by atoms with Crippen LogP contribution in [0.25, 0.3) is 0 Å². The van der Waals surface area contributed by atoms with Crippen molar-refractivity contribution in [2.45, 2.75) is 44.7 Å². The Bertz CT molecular complexity index is 196. The molecule has 2 atom stereocenters. The van der Waals surface area contributed by atoms with E-state index in [4.69, 9.17) is 5.73 Å². The SMILES string of the molecule is CCN(C)C(=O)N[C@@H]1CCCC[C@H]1N. The smallest absolute Gasteiger partial charge is 0.317 e. The van der Waals surface area contributed by atoms with E-state index < -0.39 is 0 Å². The molecule has 0 aromatic carbocycles. The van der Waals surface area contributed by atoms with Crippen molar-refractivity contribution in [1.29, 1.82) is 0 Å². The van der Waals surface area contributed by atoms with Crippen LogP contribution in [0.2, 0.25) is 0 Å². The molecule has 1 fully saturated rings. The van der Waals surface area contributed by atoms with Crippen LogP contribution in [-0.2, 0) is 0 Å². The first kappa shape index (κ1) is 11.3. The molecule has 0 aromatic rings. The van der Waals surface area contributed by atoms with E-state index in [-0.39, 0.29) is 18.1 Å². The Morgan fingerprint density at radius 1 is 1.50 bits per heavy atom. The van der Waals surface area contributed by atoms with Gasteiger partial charge < -0.3 is 16.0 Å². The maximum Gasteiger partial charge on any atom is 0.317 e. The summed E-state index contributed by atoms with van der Waals surface area (Å²) in [7, 11) is 1.80. The number of hydrogen-bond acceptors (Lipinski definition) is 2. The van der Waals surface area contributed by atoms with Crippen molar-refractivity contribution in [2.24, 2.45) is 5.73 Å². The molecule has 0 aliphatic heterocycles. The fourth-order valence-corrected chi connectivity index (χ4v) is 1.75. The highest BCUT2D eigenvalue weighted by Gasteiger charge is 2.23. The number of nitrogens with one attached hydrogen (secondary N) is 1. The molecular weight excluding hydrogens is 178 g/mol. The summed E-state index contributed by atoms with van der Waals surface area (Å²) in [5.41, 5.74) is 5.94. The maximum absolute atomic E-state index is 11.5. The summed E-state index contributed by atoms with van der Waals surface area (Å²) < 4.78 is 0. The molecule has 1 aliphatic carbocycles. The summed E-state index contributed by atoms with van der Waals surface area (Å²) in [5, 5.41) is 2.98. The lowest BCUT2D eigenvalue weighted by atomic mass is 9.91. The number of hydrogen-bond donors (Lipinski definition) is 2. The molecule has 1 aliphatic rings. The van der Waals surface area contributed by atoms with Gasteiger partial charge in [0.05, 0.1) is 0 Å². The van der Waals surface area contributed by atoms with Gasteiger partial charge in [-0.1, -0.05) is 12.8 Å². The Morgan fingerprint density at radius 3 is 2.71 bits per heavy atom. The second-order valence-electron chi connectivity index (χ2n) is 4.02. The van der Waals surface area contributed by atoms with Crippen molar-refractivity contribution in [3.05, 3.63) is 0 Å². The normalized spacial score (nSPS) is 27.1. The molecule has 0 spiro atoms. The number of urea groups is 1. The first-order chi connectivity index (χ1) is 6.65. The van der Waals surface area contributed by atoms with Crippen LogP contribution in [0.15, 0.2) is 0 Å². The second-order valence-corrected chi connectivity index (χ2v) is 4.02. The topological polar surface area (TPSA) is 58.4 Å². The molecule has 0 aromatic heterocycles. The predicted molar refractivity (Wildman–Crippen MR) is 57.1 cm³/mol. The van der Waals surface area contributed by atoms with Gasteiger partial charge in [-0.3, -0.25) is 0 Å². The third-order valence-corrected chi connectivity index (χ3v) is 2.95. The van der Waals surface area contributed by atoms with E-state index in [2.05, 4.69) is 5.32 Å². The second kappa shape index (κ2) is 5.20. The molecule has 1 rings (SSSR count). The number of carbonyl (C=O) groups is 1. The van der Waals surface area contributed by atoms with Gasteiger partial charge in [0.1, 0.15) is 0 Å². The predicted octanol–water partition coefficient (Wildman–Crippen LogP) is 0.918. The zero-order valence-corrected chi connectivity index (χ0v) is 9.12. The molecule has 2 amide bonds. The molecule has 0 radical (unpaired) electrons. The fourth-order valence-electron chi connectivity index (χ4n) is 1.75. The Kier molecular flexibility index (Phi) is 4.20. The van der Waals surface area contributed by atoms with Crippen molar-refractivity contribution < 1.29 is 4.79 Å². The summed E-state index contributed by atoms with van der Waals surface area (Å²) in [6.45, 7) is 2.69. The quantitative estimate of drug-likeness (QED) is 0.694. The molecule has 0 bridgehead atoms.